The molecule has 0 unspecified atom stereocenters. The average Bonchev–Trinajstić information content (AvgIpc) is 3.00. The Morgan fingerprint density at radius 3 is 2.80 bits per heavy atom. The van der Waals surface area contributed by atoms with Crippen LogP contribution in [0.1, 0.15) is 72.1 Å². The molecule has 1 saturated heterocycles. The van der Waals surface area contributed by atoms with Gasteiger partial charge in [-0.3, -0.25) is 4.79 Å². The number of carbonyl (C=O) groups is 1. The Morgan fingerprint density at radius 2 is 2.12 bits per heavy atom. The summed E-state index contributed by atoms with van der Waals surface area (Å²) in [4.78, 5) is 19.6. The molecular formula is C19H26N4O2. The second-order valence-corrected chi connectivity index (χ2v) is 7.40. The molecule has 134 valence electrons. The normalized spacial score (nSPS) is 20.4. The van der Waals surface area contributed by atoms with Crippen molar-refractivity contribution < 1.29 is 9.32 Å². The molecule has 1 aliphatic carbocycles. The molecule has 0 bridgehead atoms. The third-order valence-electron chi connectivity index (χ3n) is 5.54. The number of likely N-dealkylation sites (tertiary alicyclic amines) is 1. The molecule has 2 aromatic heterocycles. The Bertz CT molecular complexity index is 787. The Morgan fingerprint density at radius 1 is 1.32 bits per heavy atom. The fourth-order valence-electron chi connectivity index (χ4n) is 3.84. The first-order chi connectivity index (χ1) is 12.1. The summed E-state index contributed by atoms with van der Waals surface area (Å²) in [5.41, 5.74) is 3.09. The van der Waals surface area contributed by atoms with E-state index in [1.54, 1.807) is 0 Å². The number of rotatable bonds is 5. The fraction of sp³-hybridized carbons (Fsp3) is 0.632. The maximum atomic E-state index is 13.2. The van der Waals surface area contributed by atoms with Crippen LogP contribution in [0.25, 0.3) is 0 Å². The van der Waals surface area contributed by atoms with Gasteiger partial charge in [0.1, 0.15) is 0 Å². The van der Waals surface area contributed by atoms with Crippen LogP contribution in [0.2, 0.25) is 0 Å². The van der Waals surface area contributed by atoms with E-state index in [2.05, 4.69) is 28.6 Å². The molecule has 1 saturated carbocycles. The molecule has 25 heavy (non-hydrogen) atoms. The highest BCUT2D eigenvalue weighted by molar-refractivity contribution is 5.96. The SMILES string of the molecule is CCc1nc([C@H]2CCCN2C(=O)c2cc(C)n(CC3CC3)c2C)no1. The zero-order valence-corrected chi connectivity index (χ0v) is 15.3. The van der Waals surface area contributed by atoms with E-state index in [4.69, 9.17) is 4.52 Å². The molecule has 6 nitrogen and oxygen atoms in total. The monoisotopic (exact) mass is 342 g/mol. The highest BCUT2D eigenvalue weighted by atomic mass is 16.5. The van der Waals surface area contributed by atoms with Gasteiger partial charge in [-0.15, -0.1) is 0 Å². The first kappa shape index (κ1) is 16.4. The predicted octanol–water partition coefficient (Wildman–Crippen LogP) is 3.44. The van der Waals surface area contributed by atoms with Gasteiger partial charge < -0.3 is 14.0 Å². The van der Waals surface area contributed by atoms with E-state index in [1.165, 1.54) is 18.5 Å². The average molecular weight is 342 g/mol. The van der Waals surface area contributed by atoms with Crippen LogP contribution < -0.4 is 0 Å². The van der Waals surface area contributed by atoms with Crippen LogP contribution in [0.5, 0.6) is 0 Å². The molecular weight excluding hydrogens is 316 g/mol. The number of carbonyl (C=O) groups excluding carboxylic acids is 1. The van der Waals surface area contributed by atoms with Gasteiger partial charge in [-0.2, -0.15) is 4.98 Å². The van der Waals surface area contributed by atoms with Crippen molar-refractivity contribution in [3.63, 3.8) is 0 Å². The van der Waals surface area contributed by atoms with Gasteiger partial charge in [-0.05, 0) is 51.5 Å². The number of aryl methyl sites for hydroxylation is 2. The minimum absolute atomic E-state index is 0.0666. The van der Waals surface area contributed by atoms with Gasteiger partial charge in [0.25, 0.3) is 5.91 Å². The van der Waals surface area contributed by atoms with Gasteiger partial charge in [-0.1, -0.05) is 12.1 Å². The lowest BCUT2D eigenvalue weighted by Gasteiger charge is -2.22. The second kappa shape index (κ2) is 6.32. The minimum atomic E-state index is -0.0666. The summed E-state index contributed by atoms with van der Waals surface area (Å²) >= 11 is 0. The first-order valence-corrected chi connectivity index (χ1v) is 9.38. The lowest BCUT2D eigenvalue weighted by molar-refractivity contribution is 0.0727. The molecule has 4 rings (SSSR count). The Hall–Kier alpha value is -2.11. The van der Waals surface area contributed by atoms with E-state index in [0.29, 0.717) is 11.7 Å². The molecule has 1 aliphatic heterocycles. The standard InChI is InChI=1S/C19H26N4O2/c1-4-17-20-18(21-25-17)16-6-5-9-22(16)19(24)15-10-12(2)23(13(15)3)11-14-7-8-14/h10,14,16H,4-9,11H2,1-3H3/t16-/m1/s1. The summed E-state index contributed by atoms with van der Waals surface area (Å²) in [6.07, 6.45) is 5.22. The van der Waals surface area contributed by atoms with Crippen molar-refractivity contribution in [1.29, 1.82) is 0 Å². The highest BCUT2D eigenvalue weighted by Gasteiger charge is 2.35. The quantitative estimate of drug-likeness (QED) is 0.835. The van der Waals surface area contributed by atoms with Crippen molar-refractivity contribution in [2.75, 3.05) is 6.54 Å². The molecule has 6 heteroatoms. The fourth-order valence-corrected chi connectivity index (χ4v) is 3.84. The smallest absolute Gasteiger partial charge is 0.256 e. The molecule has 1 amide bonds. The zero-order chi connectivity index (χ0) is 17.6. The molecule has 0 aromatic carbocycles. The third kappa shape index (κ3) is 2.98. The van der Waals surface area contributed by atoms with Crippen LogP contribution in [0.3, 0.4) is 0 Å². The Balaban J connectivity index is 1.59. The number of aromatic nitrogens is 3. The van der Waals surface area contributed by atoms with Crippen molar-refractivity contribution in [2.45, 2.75) is 65.5 Å². The summed E-state index contributed by atoms with van der Waals surface area (Å²) < 4.78 is 7.56. The number of amides is 1. The second-order valence-electron chi connectivity index (χ2n) is 7.40. The first-order valence-electron chi connectivity index (χ1n) is 9.38. The van der Waals surface area contributed by atoms with Crippen molar-refractivity contribution in [3.8, 4) is 0 Å². The molecule has 0 radical (unpaired) electrons. The van der Waals surface area contributed by atoms with Gasteiger partial charge in [0.15, 0.2) is 5.82 Å². The van der Waals surface area contributed by atoms with Gasteiger partial charge in [0.2, 0.25) is 5.89 Å². The zero-order valence-electron chi connectivity index (χ0n) is 15.3. The third-order valence-corrected chi connectivity index (χ3v) is 5.54. The topological polar surface area (TPSA) is 64.2 Å². The van der Waals surface area contributed by atoms with E-state index in [-0.39, 0.29) is 11.9 Å². The lowest BCUT2D eigenvalue weighted by Crippen LogP contribution is -2.31. The lowest BCUT2D eigenvalue weighted by atomic mass is 10.1. The minimum Gasteiger partial charge on any atom is -0.348 e. The summed E-state index contributed by atoms with van der Waals surface area (Å²) in [6.45, 7) is 7.95. The van der Waals surface area contributed by atoms with Gasteiger partial charge in [0, 0.05) is 30.9 Å². The maximum Gasteiger partial charge on any atom is 0.256 e. The van der Waals surface area contributed by atoms with Crippen molar-refractivity contribution in [1.82, 2.24) is 19.6 Å². The Kier molecular flexibility index (Phi) is 4.13. The highest BCUT2D eigenvalue weighted by Crippen LogP contribution is 2.35. The maximum absolute atomic E-state index is 13.2. The molecule has 0 spiro atoms. The molecule has 2 aromatic rings. The van der Waals surface area contributed by atoms with E-state index < -0.39 is 0 Å². The van der Waals surface area contributed by atoms with Crippen LogP contribution in [0.4, 0.5) is 0 Å². The van der Waals surface area contributed by atoms with E-state index >= 15 is 0 Å². The number of nitrogens with zero attached hydrogens (tertiary/aromatic N) is 4. The van der Waals surface area contributed by atoms with E-state index in [9.17, 15) is 4.79 Å². The number of hydrogen-bond donors (Lipinski definition) is 0. The largest absolute Gasteiger partial charge is 0.348 e. The summed E-state index contributed by atoms with van der Waals surface area (Å²) in [5.74, 6) is 2.17. The molecule has 2 fully saturated rings. The molecule has 1 atom stereocenters. The van der Waals surface area contributed by atoms with Crippen LogP contribution in [0, 0.1) is 19.8 Å². The predicted molar refractivity (Wildman–Crippen MR) is 93.3 cm³/mol. The Labute approximate surface area is 148 Å². The van der Waals surface area contributed by atoms with Crippen molar-refractivity contribution in [2.24, 2.45) is 5.92 Å². The van der Waals surface area contributed by atoms with E-state index in [1.807, 2.05) is 17.9 Å². The number of hydrogen-bond acceptors (Lipinski definition) is 4. The van der Waals surface area contributed by atoms with Gasteiger partial charge in [-0.25, -0.2) is 0 Å². The van der Waals surface area contributed by atoms with Crippen LogP contribution in [-0.4, -0.2) is 32.1 Å². The summed E-state index contributed by atoms with van der Waals surface area (Å²) in [7, 11) is 0. The van der Waals surface area contributed by atoms with E-state index in [0.717, 1.165) is 49.5 Å². The van der Waals surface area contributed by atoms with Crippen LogP contribution in [0.15, 0.2) is 10.6 Å². The molecule has 3 heterocycles. The van der Waals surface area contributed by atoms with Gasteiger partial charge >= 0.3 is 0 Å². The summed E-state index contributed by atoms with van der Waals surface area (Å²) in [5, 5.41) is 4.10. The molecule has 2 aliphatic rings. The molecule has 0 N–H and O–H groups in total. The van der Waals surface area contributed by atoms with Crippen LogP contribution in [-0.2, 0) is 13.0 Å². The van der Waals surface area contributed by atoms with Crippen LogP contribution >= 0.6 is 0 Å². The summed E-state index contributed by atoms with van der Waals surface area (Å²) in [6, 6.07) is 1.98. The van der Waals surface area contributed by atoms with Crippen molar-refractivity contribution in [3.05, 3.63) is 34.7 Å². The van der Waals surface area contributed by atoms with Gasteiger partial charge in [0.05, 0.1) is 11.6 Å². The van der Waals surface area contributed by atoms with Crippen molar-refractivity contribution >= 4 is 5.91 Å².